The lowest BCUT2D eigenvalue weighted by atomic mass is 10.2. The third-order valence-electron chi connectivity index (χ3n) is 3.98. The van der Waals surface area contributed by atoms with Gasteiger partial charge in [0, 0.05) is 5.02 Å². The number of benzene rings is 2. The topological polar surface area (TPSA) is 84.7 Å². The van der Waals surface area contributed by atoms with Gasteiger partial charge in [-0.1, -0.05) is 46.4 Å². The molecule has 0 spiro atoms. The molecule has 1 amide bonds. The molecule has 29 heavy (non-hydrogen) atoms. The molecule has 0 fully saturated rings. The summed E-state index contributed by atoms with van der Waals surface area (Å²) < 4.78 is 1.59. The summed E-state index contributed by atoms with van der Waals surface area (Å²) in [4.78, 5) is 20.8. The highest BCUT2D eigenvalue weighted by Gasteiger charge is 2.14. The van der Waals surface area contributed by atoms with E-state index in [1.165, 1.54) is 18.5 Å². The molecule has 7 nitrogen and oxygen atoms in total. The van der Waals surface area contributed by atoms with Gasteiger partial charge in [0.05, 0.1) is 37.9 Å². The van der Waals surface area contributed by atoms with Gasteiger partial charge in [0.15, 0.2) is 11.5 Å². The fourth-order valence-electron chi connectivity index (χ4n) is 2.61. The van der Waals surface area contributed by atoms with Gasteiger partial charge in [0.25, 0.3) is 5.91 Å². The van der Waals surface area contributed by atoms with Gasteiger partial charge >= 0.3 is 0 Å². The molecule has 4 rings (SSSR count). The van der Waals surface area contributed by atoms with Gasteiger partial charge in [0.1, 0.15) is 6.33 Å². The molecule has 0 aliphatic carbocycles. The molecule has 0 radical (unpaired) electrons. The van der Waals surface area contributed by atoms with E-state index >= 15 is 0 Å². The summed E-state index contributed by atoms with van der Waals surface area (Å²) in [6.07, 6.45) is 2.92. The number of anilines is 1. The zero-order chi connectivity index (χ0) is 20.5. The maximum atomic E-state index is 12.4. The average Bonchev–Trinajstić information content (AvgIpc) is 3.13. The summed E-state index contributed by atoms with van der Waals surface area (Å²) in [6.45, 7) is 0. The third kappa shape index (κ3) is 3.95. The summed E-state index contributed by atoms with van der Waals surface area (Å²) in [5.41, 5.74) is 6.78. The van der Waals surface area contributed by atoms with E-state index in [2.05, 4.69) is 25.9 Å². The van der Waals surface area contributed by atoms with Crippen molar-refractivity contribution in [3.63, 3.8) is 0 Å². The number of hydrogen-bond donors (Lipinski definition) is 2. The zero-order valence-electron chi connectivity index (χ0n) is 14.3. The number of rotatable bonds is 4. The summed E-state index contributed by atoms with van der Waals surface area (Å²) in [5, 5.41) is 6.42. The Bertz CT molecular complexity index is 1240. The summed E-state index contributed by atoms with van der Waals surface area (Å²) >= 11 is 24.0. The first-order valence-corrected chi connectivity index (χ1v) is 9.61. The van der Waals surface area contributed by atoms with E-state index < -0.39 is 5.91 Å². The van der Waals surface area contributed by atoms with Gasteiger partial charge in [-0.2, -0.15) is 5.10 Å². The van der Waals surface area contributed by atoms with Crippen LogP contribution in [0.5, 0.6) is 0 Å². The van der Waals surface area contributed by atoms with E-state index in [1.54, 1.807) is 35.1 Å². The normalized spacial score (nSPS) is 10.9. The molecule has 2 N–H and O–H groups in total. The van der Waals surface area contributed by atoms with Crippen LogP contribution in [0.1, 0.15) is 10.4 Å². The summed E-state index contributed by atoms with van der Waals surface area (Å²) in [7, 11) is 0. The molecule has 0 unspecified atom stereocenters. The van der Waals surface area contributed by atoms with Crippen LogP contribution in [0, 0.1) is 0 Å². The van der Waals surface area contributed by atoms with E-state index in [-0.39, 0.29) is 10.6 Å². The number of carbonyl (C=O) groups is 1. The molecule has 0 aliphatic heterocycles. The number of halogens is 4. The van der Waals surface area contributed by atoms with Crippen molar-refractivity contribution in [1.29, 1.82) is 0 Å². The molecule has 2 aromatic heterocycles. The number of aromatic nitrogens is 4. The number of hydrazine groups is 1. The van der Waals surface area contributed by atoms with Crippen LogP contribution in [0.3, 0.4) is 0 Å². The van der Waals surface area contributed by atoms with Gasteiger partial charge < -0.3 is 0 Å². The van der Waals surface area contributed by atoms with Crippen molar-refractivity contribution < 1.29 is 4.79 Å². The second-order valence-corrected chi connectivity index (χ2v) is 7.48. The van der Waals surface area contributed by atoms with Crippen molar-refractivity contribution >= 4 is 69.2 Å². The maximum Gasteiger partial charge on any atom is 0.271 e. The molecule has 2 aromatic carbocycles. The molecule has 0 aliphatic rings. The predicted molar refractivity (Wildman–Crippen MR) is 114 cm³/mol. The van der Waals surface area contributed by atoms with Gasteiger partial charge in [-0.15, -0.1) is 0 Å². The molecule has 0 saturated carbocycles. The second-order valence-electron chi connectivity index (χ2n) is 5.82. The second kappa shape index (κ2) is 8.04. The van der Waals surface area contributed by atoms with Crippen LogP contribution < -0.4 is 10.9 Å². The van der Waals surface area contributed by atoms with Crippen LogP contribution >= 0.6 is 46.4 Å². The van der Waals surface area contributed by atoms with E-state index in [9.17, 15) is 4.79 Å². The molecule has 146 valence electrons. The Morgan fingerprint density at radius 1 is 0.931 bits per heavy atom. The highest BCUT2D eigenvalue weighted by atomic mass is 35.5. The Morgan fingerprint density at radius 3 is 2.52 bits per heavy atom. The van der Waals surface area contributed by atoms with Crippen molar-refractivity contribution in [2.24, 2.45) is 0 Å². The smallest absolute Gasteiger partial charge is 0.271 e. The largest absolute Gasteiger partial charge is 0.281 e. The SMILES string of the molecule is O=C(NNc1ncnc2c1cnn2-c1ccc(Cl)c(Cl)c1)c1ccc(Cl)cc1Cl. The number of nitrogens with one attached hydrogen (secondary N) is 2. The minimum absolute atomic E-state index is 0.233. The highest BCUT2D eigenvalue weighted by molar-refractivity contribution is 6.42. The fourth-order valence-corrected chi connectivity index (χ4v) is 3.39. The quantitative estimate of drug-likeness (QED) is 0.403. The Labute approximate surface area is 184 Å². The van der Waals surface area contributed by atoms with Crippen molar-refractivity contribution in [2.75, 3.05) is 5.43 Å². The Kier molecular flexibility index (Phi) is 5.47. The molecule has 0 saturated heterocycles. The first-order valence-electron chi connectivity index (χ1n) is 8.09. The lowest BCUT2D eigenvalue weighted by Crippen LogP contribution is -2.30. The molecular formula is C18H10Cl4N6O. The van der Waals surface area contributed by atoms with Gasteiger partial charge in [-0.25, -0.2) is 14.6 Å². The maximum absolute atomic E-state index is 12.4. The fraction of sp³-hybridized carbons (Fsp3) is 0. The average molecular weight is 468 g/mol. The van der Waals surface area contributed by atoms with E-state index in [1.807, 2.05) is 0 Å². The predicted octanol–water partition coefficient (Wildman–Crippen LogP) is 5.19. The Morgan fingerprint density at radius 2 is 1.76 bits per heavy atom. The minimum Gasteiger partial charge on any atom is -0.281 e. The zero-order valence-corrected chi connectivity index (χ0v) is 17.4. The van der Waals surface area contributed by atoms with Crippen LogP contribution in [0.15, 0.2) is 48.9 Å². The summed E-state index contributed by atoms with van der Waals surface area (Å²) in [5.74, 6) is -0.0879. The number of hydrogen-bond acceptors (Lipinski definition) is 5. The molecule has 0 atom stereocenters. The van der Waals surface area contributed by atoms with Crippen LogP contribution in [-0.4, -0.2) is 25.7 Å². The standard InChI is InChI=1S/C18H10Cl4N6O/c19-9-1-3-11(14(21)5-9)18(29)27-26-16-12-7-25-28(17(12)24-8-23-16)10-2-4-13(20)15(22)6-10/h1-8H,(H,27,29)(H,23,24,26). The van der Waals surface area contributed by atoms with Crippen LogP contribution in [0.25, 0.3) is 16.7 Å². The van der Waals surface area contributed by atoms with E-state index in [4.69, 9.17) is 46.4 Å². The van der Waals surface area contributed by atoms with Gasteiger partial charge in [-0.05, 0) is 36.4 Å². The highest BCUT2D eigenvalue weighted by Crippen LogP contribution is 2.27. The molecule has 0 bridgehead atoms. The third-order valence-corrected chi connectivity index (χ3v) is 5.27. The molecule has 4 aromatic rings. The van der Waals surface area contributed by atoms with Crippen LogP contribution in [-0.2, 0) is 0 Å². The van der Waals surface area contributed by atoms with Crippen molar-refractivity contribution in [2.45, 2.75) is 0 Å². The monoisotopic (exact) mass is 466 g/mol. The van der Waals surface area contributed by atoms with E-state index in [0.29, 0.717) is 37.6 Å². The number of carbonyl (C=O) groups excluding carboxylic acids is 1. The van der Waals surface area contributed by atoms with Gasteiger partial charge in [0.2, 0.25) is 0 Å². The summed E-state index contributed by atoms with van der Waals surface area (Å²) in [6, 6.07) is 9.70. The van der Waals surface area contributed by atoms with Crippen molar-refractivity contribution in [3.8, 4) is 5.69 Å². The molecule has 2 heterocycles. The van der Waals surface area contributed by atoms with Crippen LogP contribution in [0.4, 0.5) is 5.82 Å². The molecule has 11 heteroatoms. The number of fused-ring (bicyclic) bond motifs is 1. The molecular weight excluding hydrogens is 458 g/mol. The van der Waals surface area contributed by atoms with Crippen molar-refractivity contribution in [3.05, 3.63) is 74.6 Å². The van der Waals surface area contributed by atoms with Crippen LogP contribution in [0.2, 0.25) is 20.1 Å². The lowest BCUT2D eigenvalue weighted by molar-refractivity contribution is 0.0962. The van der Waals surface area contributed by atoms with Gasteiger partial charge in [-0.3, -0.25) is 15.6 Å². The Balaban J connectivity index is 1.61. The first-order chi connectivity index (χ1) is 13.9. The minimum atomic E-state index is -0.449. The Hall–Kier alpha value is -2.58. The number of nitrogens with zero attached hydrogens (tertiary/aromatic N) is 4. The first kappa shape index (κ1) is 19.7. The lowest BCUT2D eigenvalue weighted by Gasteiger charge is -2.10. The number of amides is 1. The van der Waals surface area contributed by atoms with Crippen molar-refractivity contribution in [1.82, 2.24) is 25.2 Å². The van der Waals surface area contributed by atoms with E-state index in [0.717, 1.165) is 0 Å².